The highest BCUT2D eigenvalue weighted by Crippen LogP contribution is 2.26. The number of hydrogen-bond donors (Lipinski definition) is 3. The van der Waals surface area contributed by atoms with Crippen LogP contribution in [0.2, 0.25) is 0 Å². The van der Waals surface area contributed by atoms with E-state index in [1.54, 1.807) is 20.8 Å². The molecule has 1 aliphatic carbocycles. The quantitative estimate of drug-likeness (QED) is 0.531. The van der Waals surface area contributed by atoms with Gasteiger partial charge in [-0.15, -0.1) is 0 Å². The summed E-state index contributed by atoms with van der Waals surface area (Å²) in [5.74, 6) is -0.595. The van der Waals surface area contributed by atoms with Gasteiger partial charge in [0, 0.05) is 18.3 Å². The molecule has 0 bridgehead atoms. The molecule has 0 spiro atoms. The van der Waals surface area contributed by atoms with E-state index in [9.17, 15) is 14.4 Å². The Bertz CT molecular complexity index is 1130. The number of carbonyl (C=O) groups is 3. The van der Waals surface area contributed by atoms with Crippen molar-refractivity contribution in [3.05, 3.63) is 65.2 Å². The van der Waals surface area contributed by atoms with Crippen molar-refractivity contribution in [1.82, 2.24) is 10.2 Å². The highest BCUT2D eigenvalue weighted by Gasteiger charge is 2.41. The summed E-state index contributed by atoms with van der Waals surface area (Å²) >= 11 is 0. The Morgan fingerprint density at radius 2 is 1.81 bits per heavy atom. The first-order chi connectivity index (χ1) is 17.6. The number of rotatable bonds is 7. The Hall–Kier alpha value is -3.39. The molecule has 2 aliphatic rings. The van der Waals surface area contributed by atoms with E-state index < -0.39 is 23.8 Å². The lowest BCUT2D eigenvalue weighted by Gasteiger charge is -2.29. The number of fused-ring (bicyclic) bond motifs is 1. The molecule has 3 amide bonds. The number of hydrogen-bond acceptors (Lipinski definition) is 5. The van der Waals surface area contributed by atoms with Crippen LogP contribution in [0.4, 0.5) is 10.5 Å². The summed E-state index contributed by atoms with van der Waals surface area (Å²) < 4.78 is 5.42. The third-order valence-electron chi connectivity index (χ3n) is 6.84. The summed E-state index contributed by atoms with van der Waals surface area (Å²) in [6.07, 6.45) is 3.85. The molecule has 1 aliphatic heterocycles. The molecule has 2 aromatic carbocycles. The predicted molar refractivity (Wildman–Crippen MR) is 143 cm³/mol. The molecule has 1 saturated heterocycles. The normalized spacial score (nSPS) is 19.7. The van der Waals surface area contributed by atoms with Gasteiger partial charge in [0.2, 0.25) is 11.8 Å². The summed E-state index contributed by atoms with van der Waals surface area (Å²) in [5, 5.41) is 5.74. The van der Waals surface area contributed by atoms with Crippen LogP contribution < -0.4 is 16.4 Å². The first-order valence-electron chi connectivity index (χ1n) is 13.1. The van der Waals surface area contributed by atoms with E-state index in [4.69, 9.17) is 10.5 Å². The van der Waals surface area contributed by atoms with Gasteiger partial charge in [0.1, 0.15) is 17.7 Å². The van der Waals surface area contributed by atoms with E-state index in [1.807, 2.05) is 42.5 Å². The average molecular weight is 507 g/mol. The van der Waals surface area contributed by atoms with E-state index in [2.05, 4.69) is 16.7 Å². The molecule has 1 heterocycles. The summed E-state index contributed by atoms with van der Waals surface area (Å²) in [6.45, 7) is 5.56. The van der Waals surface area contributed by atoms with E-state index in [1.165, 1.54) is 16.0 Å². The van der Waals surface area contributed by atoms with Crippen molar-refractivity contribution in [1.29, 1.82) is 0 Å². The molecule has 4 N–H and O–H groups in total. The lowest BCUT2D eigenvalue weighted by molar-refractivity contribution is -0.138. The van der Waals surface area contributed by atoms with E-state index in [-0.39, 0.29) is 24.4 Å². The fourth-order valence-electron chi connectivity index (χ4n) is 5.10. The molecule has 0 unspecified atom stereocenters. The lowest BCUT2D eigenvalue weighted by atomic mass is 10.0. The van der Waals surface area contributed by atoms with E-state index in [0.29, 0.717) is 19.3 Å². The number of carbonyl (C=O) groups excluding carboxylic acids is 3. The first kappa shape index (κ1) is 26.7. The fourth-order valence-corrected chi connectivity index (χ4v) is 5.10. The van der Waals surface area contributed by atoms with Crippen LogP contribution in [-0.2, 0) is 33.6 Å². The van der Waals surface area contributed by atoms with Gasteiger partial charge in [-0.05, 0) is 88.1 Å². The van der Waals surface area contributed by atoms with Crippen LogP contribution in [0.3, 0.4) is 0 Å². The summed E-state index contributed by atoms with van der Waals surface area (Å²) in [7, 11) is 0. The highest BCUT2D eigenvalue weighted by molar-refractivity contribution is 5.99. The minimum atomic E-state index is -0.851. The van der Waals surface area contributed by atoms with Gasteiger partial charge < -0.3 is 26.0 Å². The number of alkyl carbamates (subject to hydrolysis) is 1. The SMILES string of the molecule is CC(C)(C)OC(=O)N[C@@H](CCc1ccccc1)C(=O)N1C[C@H](N)C[C@H]1C(=O)Nc1ccc2c(c1)CCC2. The maximum absolute atomic E-state index is 13.8. The fraction of sp³-hybridized carbons (Fsp3) is 0.483. The standard InChI is InChI=1S/C29H38N4O4/c1-29(2,3)37-28(36)32-24(15-12-19-8-5-4-6-9-19)27(35)33-18-22(30)17-25(33)26(34)31-23-14-13-20-10-7-11-21(20)16-23/h4-6,8-9,13-14,16,22,24-25H,7,10-12,15,17-18,30H2,1-3H3,(H,31,34)(H,32,36)/t22-,24+,25+/m1/s1. The molecule has 0 aromatic heterocycles. The largest absolute Gasteiger partial charge is 0.444 e. The molecule has 8 nitrogen and oxygen atoms in total. The third kappa shape index (κ3) is 7.10. The number of aryl methyl sites for hydroxylation is 3. The second kappa shape index (κ2) is 11.3. The average Bonchev–Trinajstić information content (AvgIpc) is 3.47. The maximum atomic E-state index is 13.8. The van der Waals surface area contributed by atoms with Gasteiger partial charge in [-0.25, -0.2) is 4.79 Å². The van der Waals surface area contributed by atoms with Crippen molar-refractivity contribution >= 4 is 23.6 Å². The summed E-state index contributed by atoms with van der Waals surface area (Å²) in [5.41, 5.74) is 9.88. The van der Waals surface area contributed by atoms with Crippen LogP contribution in [0.1, 0.15) is 56.7 Å². The van der Waals surface area contributed by atoms with Crippen molar-refractivity contribution in [3.63, 3.8) is 0 Å². The van der Waals surface area contributed by atoms with Crippen molar-refractivity contribution in [3.8, 4) is 0 Å². The van der Waals surface area contributed by atoms with Gasteiger partial charge in [-0.2, -0.15) is 0 Å². The molecule has 2 aromatic rings. The van der Waals surface area contributed by atoms with Crippen LogP contribution in [-0.4, -0.2) is 53.1 Å². The Labute approximate surface area is 218 Å². The number of likely N-dealkylation sites (tertiary alicyclic amines) is 1. The molecule has 0 radical (unpaired) electrons. The third-order valence-corrected chi connectivity index (χ3v) is 6.84. The number of nitrogens with one attached hydrogen (secondary N) is 2. The molecule has 0 saturated carbocycles. The topological polar surface area (TPSA) is 114 Å². The zero-order chi connectivity index (χ0) is 26.6. The smallest absolute Gasteiger partial charge is 0.408 e. The molecule has 37 heavy (non-hydrogen) atoms. The number of nitrogens with zero attached hydrogens (tertiary/aromatic N) is 1. The monoisotopic (exact) mass is 506 g/mol. The van der Waals surface area contributed by atoms with Gasteiger partial charge in [0.25, 0.3) is 0 Å². The van der Waals surface area contributed by atoms with Gasteiger partial charge >= 0.3 is 6.09 Å². The second-order valence-electron chi connectivity index (χ2n) is 11.1. The second-order valence-corrected chi connectivity index (χ2v) is 11.1. The predicted octanol–water partition coefficient (Wildman–Crippen LogP) is 3.57. The van der Waals surface area contributed by atoms with Crippen LogP contribution in [0.15, 0.2) is 48.5 Å². The molecule has 3 atom stereocenters. The Kier molecular flexibility index (Phi) is 8.17. The maximum Gasteiger partial charge on any atom is 0.408 e. The van der Waals surface area contributed by atoms with Gasteiger partial charge in [-0.3, -0.25) is 9.59 Å². The highest BCUT2D eigenvalue weighted by atomic mass is 16.6. The number of amides is 3. The molecule has 8 heteroatoms. The molecular formula is C29H38N4O4. The van der Waals surface area contributed by atoms with Gasteiger partial charge in [0.15, 0.2) is 0 Å². The van der Waals surface area contributed by atoms with Crippen molar-refractivity contribution in [2.45, 2.75) is 83.0 Å². The Balaban J connectivity index is 1.48. The lowest BCUT2D eigenvalue weighted by Crippen LogP contribution is -2.53. The Morgan fingerprint density at radius 3 is 2.54 bits per heavy atom. The van der Waals surface area contributed by atoms with Crippen molar-refractivity contribution in [2.24, 2.45) is 5.73 Å². The number of benzene rings is 2. The molecule has 1 fully saturated rings. The summed E-state index contributed by atoms with van der Waals surface area (Å²) in [6, 6.07) is 13.9. The minimum absolute atomic E-state index is 0.249. The number of nitrogens with two attached hydrogens (primary N) is 1. The van der Waals surface area contributed by atoms with Crippen LogP contribution in [0.25, 0.3) is 0 Å². The van der Waals surface area contributed by atoms with Gasteiger partial charge in [-0.1, -0.05) is 36.4 Å². The molecular weight excluding hydrogens is 468 g/mol. The minimum Gasteiger partial charge on any atom is -0.444 e. The number of anilines is 1. The van der Waals surface area contributed by atoms with Crippen LogP contribution in [0, 0.1) is 0 Å². The molecule has 198 valence electrons. The zero-order valence-corrected chi connectivity index (χ0v) is 22.0. The zero-order valence-electron chi connectivity index (χ0n) is 22.0. The Morgan fingerprint density at radius 1 is 1.08 bits per heavy atom. The van der Waals surface area contributed by atoms with E-state index in [0.717, 1.165) is 30.5 Å². The summed E-state index contributed by atoms with van der Waals surface area (Å²) in [4.78, 5) is 41.2. The van der Waals surface area contributed by atoms with Crippen LogP contribution >= 0.6 is 0 Å². The first-order valence-corrected chi connectivity index (χ1v) is 13.1. The van der Waals surface area contributed by atoms with Crippen molar-refractivity contribution < 1.29 is 19.1 Å². The van der Waals surface area contributed by atoms with E-state index >= 15 is 0 Å². The number of ether oxygens (including phenoxy) is 1. The molecule has 4 rings (SSSR count). The van der Waals surface area contributed by atoms with Crippen LogP contribution in [0.5, 0.6) is 0 Å². The van der Waals surface area contributed by atoms with Crippen molar-refractivity contribution in [2.75, 3.05) is 11.9 Å². The van der Waals surface area contributed by atoms with Gasteiger partial charge in [0.05, 0.1) is 0 Å².